The van der Waals surface area contributed by atoms with Gasteiger partial charge >= 0.3 is 0 Å². The van der Waals surface area contributed by atoms with Crippen molar-refractivity contribution in [1.29, 1.82) is 0 Å². The number of aryl methyl sites for hydroxylation is 1. The number of nitrogens with one attached hydrogen (secondary N) is 1. The maximum absolute atomic E-state index is 9.96. The number of rotatable bonds is 7. The number of aliphatic hydroxyl groups is 1. The maximum atomic E-state index is 9.96. The molecule has 4 aromatic heterocycles. The molecule has 31 heavy (non-hydrogen) atoms. The molecule has 4 heterocycles. The van der Waals surface area contributed by atoms with Crippen LogP contribution in [0.25, 0.3) is 22.5 Å². The number of nitrogen functional groups attached to an aromatic ring is 1. The molecule has 0 aliphatic rings. The third-order valence-electron chi connectivity index (χ3n) is 4.74. The van der Waals surface area contributed by atoms with E-state index in [2.05, 4.69) is 44.5 Å². The summed E-state index contributed by atoms with van der Waals surface area (Å²) in [7, 11) is 0. The molecule has 10 heteroatoms. The van der Waals surface area contributed by atoms with E-state index in [1.807, 2.05) is 18.3 Å². The first-order valence-electron chi connectivity index (χ1n) is 10.2. The zero-order valence-corrected chi connectivity index (χ0v) is 18.1. The van der Waals surface area contributed by atoms with Crippen LogP contribution >= 0.6 is 0 Å². The van der Waals surface area contributed by atoms with Gasteiger partial charge in [0.15, 0.2) is 11.5 Å². The van der Waals surface area contributed by atoms with Crippen molar-refractivity contribution < 1.29 is 5.11 Å². The predicted molar refractivity (Wildman–Crippen MR) is 119 cm³/mol. The minimum Gasteiger partial charge on any atom is -0.397 e. The van der Waals surface area contributed by atoms with Gasteiger partial charge < -0.3 is 16.2 Å². The molecular formula is C21H27N9O. The third kappa shape index (κ3) is 4.64. The van der Waals surface area contributed by atoms with Gasteiger partial charge in [-0.3, -0.25) is 0 Å². The third-order valence-corrected chi connectivity index (χ3v) is 4.74. The minimum atomic E-state index is -0.747. The highest BCUT2D eigenvalue weighted by molar-refractivity contribution is 5.79. The second-order valence-electron chi connectivity index (χ2n) is 8.56. The van der Waals surface area contributed by atoms with Crippen LogP contribution in [0.4, 0.5) is 11.4 Å². The Hall–Kier alpha value is -3.53. The number of aromatic nitrogens is 7. The zero-order valence-electron chi connectivity index (χ0n) is 18.1. The lowest BCUT2D eigenvalue weighted by Gasteiger charge is -2.16. The van der Waals surface area contributed by atoms with Crippen LogP contribution in [0.3, 0.4) is 0 Å². The lowest BCUT2D eigenvalue weighted by Crippen LogP contribution is -2.19. The Bertz CT molecular complexity index is 1200. The van der Waals surface area contributed by atoms with Crippen LogP contribution in [0.15, 0.2) is 36.9 Å². The molecule has 0 atom stereocenters. The van der Waals surface area contributed by atoms with Crippen molar-refractivity contribution in [2.45, 2.75) is 52.2 Å². The van der Waals surface area contributed by atoms with Gasteiger partial charge in [0.25, 0.3) is 0 Å². The first kappa shape index (κ1) is 20.7. The Labute approximate surface area is 180 Å². The SMILES string of the molecule is CC(C)Nc1cc(-n2ncc3cc(N)cnc32)ncc1-n1cc(CCC(C)(C)O)nn1. The number of nitrogens with zero attached hydrogens (tertiary/aromatic N) is 7. The summed E-state index contributed by atoms with van der Waals surface area (Å²) in [6, 6.07) is 3.94. The van der Waals surface area contributed by atoms with Gasteiger partial charge in [-0.15, -0.1) is 5.10 Å². The molecule has 0 radical (unpaired) electrons. The molecular weight excluding hydrogens is 394 g/mol. The largest absolute Gasteiger partial charge is 0.397 e. The molecule has 0 saturated heterocycles. The highest BCUT2D eigenvalue weighted by Crippen LogP contribution is 2.25. The lowest BCUT2D eigenvalue weighted by atomic mass is 10.0. The summed E-state index contributed by atoms with van der Waals surface area (Å²) in [5.74, 6) is 0.626. The summed E-state index contributed by atoms with van der Waals surface area (Å²) in [4.78, 5) is 8.99. The molecule has 162 valence electrons. The molecule has 0 aliphatic carbocycles. The smallest absolute Gasteiger partial charge is 0.164 e. The zero-order chi connectivity index (χ0) is 22.2. The van der Waals surface area contributed by atoms with Crippen molar-refractivity contribution in [3.05, 3.63) is 42.6 Å². The summed E-state index contributed by atoms with van der Waals surface area (Å²) in [6.07, 6.45) is 8.16. The lowest BCUT2D eigenvalue weighted by molar-refractivity contribution is 0.0711. The van der Waals surface area contributed by atoms with Crippen molar-refractivity contribution in [2.24, 2.45) is 0 Å². The average Bonchev–Trinajstić information content (AvgIpc) is 3.32. The standard InChI is InChI=1S/C21H27N9O/c1-13(2)26-17-8-19(30-20-14(9-25-30)7-15(22)10-24-20)23-11-18(17)29-12-16(27-28-29)5-6-21(3,4)31/h7-13,31H,5-6,22H2,1-4H3,(H,23,26). The maximum Gasteiger partial charge on any atom is 0.164 e. The summed E-state index contributed by atoms with van der Waals surface area (Å²) in [5, 5.41) is 27.2. The fourth-order valence-corrected chi connectivity index (χ4v) is 3.23. The summed E-state index contributed by atoms with van der Waals surface area (Å²) < 4.78 is 3.38. The summed E-state index contributed by atoms with van der Waals surface area (Å²) in [5.41, 5.74) is 8.77. The Morgan fingerprint density at radius 3 is 2.71 bits per heavy atom. The Morgan fingerprint density at radius 2 is 1.97 bits per heavy atom. The van der Waals surface area contributed by atoms with Crippen LogP contribution in [-0.4, -0.2) is 51.5 Å². The molecule has 4 rings (SSSR count). The number of hydrogen-bond donors (Lipinski definition) is 3. The number of nitrogens with two attached hydrogens (primary N) is 1. The number of hydrogen-bond acceptors (Lipinski definition) is 8. The first-order valence-corrected chi connectivity index (χ1v) is 10.2. The topological polar surface area (TPSA) is 133 Å². The Kier molecular flexibility index (Phi) is 5.32. The molecule has 0 unspecified atom stereocenters. The van der Waals surface area contributed by atoms with Gasteiger partial charge in [0.05, 0.1) is 47.5 Å². The monoisotopic (exact) mass is 421 g/mol. The fourth-order valence-electron chi connectivity index (χ4n) is 3.23. The van der Waals surface area contributed by atoms with Crippen LogP contribution in [0.1, 0.15) is 39.8 Å². The van der Waals surface area contributed by atoms with E-state index >= 15 is 0 Å². The molecule has 0 aromatic carbocycles. The van der Waals surface area contributed by atoms with Crippen molar-refractivity contribution in [1.82, 2.24) is 34.7 Å². The average molecular weight is 422 g/mol. The number of fused-ring (bicyclic) bond motifs is 1. The van der Waals surface area contributed by atoms with Crippen LogP contribution < -0.4 is 11.1 Å². The van der Waals surface area contributed by atoms with E-state index in [1.54, 1.807) is 41.8 Å². The molecule has 10 nitrogen and oxygen atoms in total. The van der Waals surface area contributed by atoms with E-state index in [0.717, 1.165) is 22.5 Å². The van der Waals surface area contributed by atoms with E-state index in [0.29, 0.717) is 30.0 Å². The highest BCUT2D eigenvalue weighted by Gasteiger charge is 2.16. The van der Waals surface area contributed by atoms with Crippen LogP contribution in [0, 0.1) is 0 Å². The molecule has 0 spiro atoms. The van der Waals surface area contributed by atoms with E-state index in [1.165, 1.54) is 0 Å². The quantitative estimate of drug-likeness (QED) is 0.415. The second-order valence-corrected chi connectivity index (χ2v) is 8.56. The van der Waals surface area contributed by atoms with E-state index in [4.69, 9.17) is 5.73 Å². The van der Waals surface area contributed by atoms with Gasteiger partial charge in [0.1, 0.15) is 5.69 Å². The van der Waals surface area contributed by atoms with Crippen molar-refractivity contribution in [3.8, 4) is 11.5 Å². The van der Waals surface area contributed by atoms with Gasteiger partial charge in [-0.2, -0.15) is 9.78 Å². The molecule has 0 amide bonds. The van der Waals surface area contributed by atoms with Gasteiger partial charge in [-0.05, 0) is 46.6 Å². The number of pyridine rings is 2. The van der Waals surface area contributed by atoms with Gasteiger partial charge in [0, 0.05) is 17.5 Å². The minimum absolute atomic E-state index is 0.194. The summed E-state index contributed by atoms with van der Waals surface area (Å²) >= 11 is 0. The summed E-state index contributed by atoms with van der Waals surface area (Å²) in [6.45, 7) is 7.70. The van der Waals surface area contributed by atoms with Crippen LogP contribution in [0.2, 0.25) is 0 Å². The molecule has 0 aliphatic heterocycles. The van der Waals surface area contributed by atoms with Gasteiger partial charge in [-0.25, -0.2) is 14.6 Å². The van der Waals surface area contributed by atoms with Gasteiger partial charge in [-0.1, -0.05) is 5.21 Å². The van der Waals surface area contributed by atoms with E-state index in [-0.39, 0.29) is 6.04 Å². The second kappa shape index (κ2) is 7.95. The molecule has 0 saturated carbocycles. The first-order chi connectivity index (χ1) is 14.7. The molecule has 4 aromatic rings. The van der Waals surface area contributed by atoms with E-state index < -0.39 is 5.60 Å². The van der Waals surface area contributed by atoms with Crippen LogP contribution in [-0.2, 0) is 6.42 Å². The normalized spacial score (nSPS) is 12.1. The molecule has 4 N–H and O–H groups in total. The molecule has 0 fully saturated rings. The van der Waals surface area contributed by atoms with Gasteiger partial charge in [0.2, 0.25) is 0 Å². The van der Waals surface area contributed by atoms with Crippen molar-refractivity contribution in [3.63, 3.8) is 0 Å². The highest BCUT2D eigenvalue weighted by atomic mass is 16.3. The van der Waals surface area contributed by atoms with Crippen molar-refractivity contribution in [2.75, 3.05) is 11.1 Å². The van der Waals surface area contributed by atoms with Crippen LogP contribution in [0.5, 0.6) is 0 Å². The number of anilines is 2. The Balaban J connectivity index is 1.70. The fraction of sp³-hybridized carbons (Fsp3) is 0.381. The predicted octanol–water partition coefficient (Wildman–Crippen LogP) is 2.50. The van der Waals surface area contributed by atoms with E-state index in [9.17, 15) is 5.11 Å². The molecule has 0 bridgehead atoms. The Morgan fingerprint density at radius 1 is 1.16 bits per heavy atom. The van der Waals surface area contributed by atoms with Crippen molar-refractivity contribution >= 4 is 22.4 Å².